The lowest BCUT2D eigenvalue weighted by molar-refractivity contribution is -0.924. The minimum atomic E-state index is -1.09. The quantitative estimate of drug-likeness (QED) is 0.0501. The van der Waals surface area contributed by atoms with E-state index < -0.39 is 35.7 Å². The van der Waals surface area contributed by atoms with Crippen LogP contribution in [0.5, 0.6) is 0 Å². The van der Waals surface area contributed by atoms with Gasteiger partial charge in [0.05, 0.1) is 38.0 Å². The average molecular weight is 596 g/mol. The number of carboxylic acids is 3. The summed E-state index contributed by atoms with van der Waals surface area (Å²) in [4.78, 5) is 34.3. The summed E-state index contributed by atoms with van der Waals surface area (Å²) in [6, 6.07) is 0. The van der Waals surface area contributed by atoms with E-state index in [-0.39, 0.29) is 0 Å². The molecule has 0 aromatic carbocycles. The molecule has 0 radical (unpaired) electrons. The summed E-state index contributed by atoms with van der Waals surface area (Å²) in [5, 5.41) is 30.2. The Morgan fingerprint density at radius 3 is 1.31 bits per heavy atom. The van der Waals surface area contributed by atoms with Crippen molar-refractivity contribution >= 4 is 17.9 Å². The molecule has 0 amide bonds. The van der Waals surface area contributed by atoms with Crippen molar-refractivity contribution in [2.24, 2.45) is 17.8 Å². The molecule has 2 N–H and O–H groups in total. The largest absolute Gasteiger partial charge is 0.550 e. The second-order valence-electron chi connectivity index (χ2n) is 13.0. The molecule has 246 valence electrons. The van der Waals surface area contributed by atoms with Gasteiger partial charge in [-0.25, -0.2) is 0 Å². The fraction of sp³-hybridized carbons (Fsp3) is 0.857. The zero-order valence-electron chi connectivity index (χ0n) is 27.6. The molecule has 0 aliphatic carbocycles. The Bertz CT molecular complexity index is 677. The Morgan fingerprint density at radius 1 is 0.595 bits per heavy atom. The molecule has 0 aliphatic rings. The lowest BCUT2D eigenvalue weighted by atomic mass is 10.0. The van der Waals surface area contributed by atoms with Gasteiger partial charge in [-0.1, -0.05) is 124 Å². The monoisotopic (exact) mass is 595 g/mol. The second kappa shape index (κ2) is 25.6. The first-order valence-electron chi connectivity index (χ1n) is 17.2. The maximum atomic E-state index is 11.5. The van der Waals surface area contributed by atoms with Gasteiger partial charge in [0, 0.05) is 31.1 Å². The van der Waals surface area contributed by atoms with Gasteiger partial charge < -0.3 is 24.6 Å². The molecule has 0 aliphatic heterocycles. The number of unbranched alkanes of at least 4 members (excludes halogenated alkanes) is 15. The van der Waals surface area contributed by atoms with Gasteiger partial charge in [-0.3, -0.25) is 9.59 Å². The highest BCUT2D eigenvalue weighted by Crippen LogP contribution is 2.20. The minimum absolute atomic E-state index is 0.415. The maximum absolute atomic E-state index is 11.5. The average Bonchev–Trinajstić information content (AvgIpc) is 2.96. The highest BCUT2D eigenvalue weighted by atomic mass is 16.4. The van der Waals surface area contributed by atoms with Crippen molar-refractivity contribution in [1.29, 1.82) is 0 Å². The van der Waals surface area contributed by atoms with E-state index in [1.54, 1.807) is 20.8 Å². The Kier molecular flexibility index (Phi) is 24.4. The molecule has 0 bridgehead atoms. The molecular weight excluding hydrogens is 530 g/mol. The topological polar surface area (TPSA) is 115 Å². The van der Waals surface area contributed by atoms with E-state index in [1.807, 2.05) is 0 Å². The fourth-order valence-corrected chi connectivity index (χ4v) is 5.43. The minimum Gasteiger partial charge on any atom is -0.550 e. The van der Waals surface area contributed by atoms with Crippen LogP contribution >= 0.6 is 0 Å². The number of carbonyl (C=O) groups is 3. The third kappa shape index (κ3) is 21.8. The molecule has 0 spiro atoms. The molecule has 42 heavy (non-hydrogen) atoms. The van der Waals surface area contributed by atoms with Gasteiger partial charge in [-0.15, -0.1) is 0 Å². The zero-order valence-corrected chi connectivity index (χ0v) is 27.6. The van der Waals surface area contributed by atoms with Crippen LogP contribution in [0.25, 0.3) is 0 Å². The van der Waals surface area contributed by atoms with Crippen LogP contribution in [0.1, 0.15) is 150 Å². The Labute approximate surface area is 257 Å². The van der Waals surface area contributed by atoms with Crippen LogP contribution in [0.3, 0.4) is 0 Å². The molecule has 7 heteroatoms. The summed E-state index contributed by atoms with van der Waals surface area (Å²) in [7, 11) is 0. The van der Waals surface area contributed by atoms with Crippen LogP contribution in [-0.4, -0.2) is 58.8 Å². The Hall–Kier alpha value is -1.89. The molecule has 3 unspecified atom stereocenters. The van der Waals surface area contributed by atoms with Crippen LogP contribution in [0.2, 0.25) is 0 Å². The van der Waals surface area contributed by atoms with Crippen molar-refractivity contribution in [3.8, 4) is 0 Å². The van der Waals surface area contributed by atoms with Gasteiger partial charge in [0.1, 0.15) is 0 Å². The number of aliphatic carboxylic acids is 3. The maximum Gasteiger partial charge on any atom is 0.306 e. The third-order valence-corrected chi connectivity index (χ3v) is 8.99. The first-order chi connectivity index (χ1) is 20.0. The van der Waals surface area contributed by atoms with Gasteiger partial charge in [0.2, 0.25) is 0 Å². The van der Waals surface area contributed by atoms with E-state index in [4.69, 9.17) is 0 Å². The van der Waals surface area contributed by atoms with E-state index in [0.29, 0.717) is 49.9 Å². The SMILES string of the molecule is CCCCCCCCCCCCCCCCC/C=C/C[N+](CCC(C)C(=O)[O-])(CCC(C)C(=O)O)CCC(C)C(=O)O. The Balaban J connectivity index is 4.59. The summed E-state index contributed by atoms with van der Waals surface area (Å²) in [5.74, 6) is -4.42. The van der Waals surface area contributed by atoms with E-state index >= 15 is 0 Å². The van der Waals surface area contributed by atoms with Crippen LogP contribution in [0, 0.1) is 17.8 Å². The van der Waals surface area contributed by atoms with Crippen LogP contribution in [0.15, 0.2) is 12.2 Å². The van der Waals surface area contributed by atoms with Crippen molar-refractivity contribution < 1.29 is 34.2 Å². The molecule has 0 rings (SSSR count). The van der Waals surface area contributed by atoms with Crippen LogP contribution in [0.4, 0.5) is 0 Å². The number of hydrogen-bond acceptors (Lipinski definition) is 4. The normalized spacial score (nSPS) is 15.3. The van der Waals surface area contributed by atoms with E-state index in [1.165, 1.54) is 89.9 Å². The number of carboxylic acid groups (broad SMARTS) is 3. The van der Waals surface area contributed by atoms with Gasteiger partial charge in [0.15, 0.2) is 0 Å². The van der Waals surface area contributed by atoms with Crippen molar-refractivity contribution in [3.63, 3.8) is 0 Å². The Morgan fingerprint density at radius 2 is 0.952 bits per heavy atom. The van der Waals surface area contributed by atoms with E-state index in [9.17, 15) is 29.7 Å². The molecule has 7 nitrogen and oxygen atoms in total. The zero-order chi connectivity index (χ0) is 31.6. The summed E-state index contributed by atoms with van der Waals surface area (Å²) in [6.45, 7) is 9.62. The number of carbonyl (C=O) groups excluding carboxylic acids is 1. The lowest BCUT2D eigenvalue weighted by Crippen LogP contribution is -2.52. The second-order valence-corrected chi connectivity index (χ2v) is 13.0. The first kappa shape index (κ1) is 40.1. The predicted octanol–water partition coefficient (Wildman–Crippen LogP) is 7.62. The van der Waals surface area contributed by atoms with Crippen molar-refractivity contribution in [1.82, 2.24) is 0 Å². The molecule has 0 fully saturated rings. The standard InChI is InChI=1S/C35H65NO6/c1-5-6-7-8-9-10-11-12-13-14-15-16-17-18-19-20-21-22-26-36(27-23-30(2)33(37)38,28-24-31(3)34(39)40)29-25-32(4)35(41)42/h21-22,30-32H,5-20,23-29H2,1-4H3,(H2-,37,38,39,40,41,42)/b22-21+. The molecule has 0 aromatic rings. The molecule has 0 heterocycles. The van der Waals surface area contributed by atoms with Crippen molar-refractivity contribution in [2.45, 2.75) is 150 Å². The number of hydrogen-bond donors (Lipinski definition) is 2. The van der Waals surface area contributed by atoms with Gasteiger partial charge in [-0.2, -0.15) is 0 Å². The lowest BCUT2D eigenvalue weighted by Gasteiger charge is -2.40. The number of rotatable bonds is 30. The summed E-state index contributed by atoms with van der Waals surface area (Å²) in [5.41, 5.74) is 0. The number of quaternary nitrogens is 1. The third-order valence-electron chi connectivity index (χ3n) is 8.99. The van der Waals surface area contributed by atoms with Crippen molar-refractivity contribution in [3.05, 3.63) is 12.2 Å². The van der Waals surface area contributed by atoms with Gasteiger partial charge in [0.25, 0.3) is 0 Å². The molecule has 0 saturated carbocycles. The molecule has 3 atom stereocenters. The summed E-state index contributed by atoms with van der Waals surface area (Å²) < 4.78 is 0.502. The smallest absolute Gasteiger partial charge is 0.306 e. The molecule has 0 aromatic heterocycles. The molecular formula is C35H65NO6. The van der Waals surface area contributed by atoms with E-state index in [0.717, 1.165) is 12.8 Å². The summed E-state index contributed by atoms with van der Waals surface area (Å²) >= 11 is 0. The van der Waals surface area contributed by atoms with Crippen LogP contribution < -0.4 is 5.11 Å². The first-order valence-corrected chi connectivity index (χ1v) is 17.2. The predicted molar refractivity (Wildman–Crippen MR) is 170 cm³/mol. The molecule has 0 saturated heterocycles. The number of allylic oxidation sites excluding steroid dienone is 1. The highest BCUT2D eigenvalue weighted by molar-refractivity contribution is 5.69. The van der Waals surface area contributed by atoms with Crippen molar-refractivity contribution in [2.75, 3.05) is 26.2 Å². The number of nitrogens with zero attached hydrogens (tertiary/aromatic N) is 1. The van der Waals surface area contributed by atoms with Gasteiger partial charge in [-0.05, 0) is 18.9 Å². The van der Waals surface area contributed by atoms with Crippen LogP contribution in [-0.2, 0) is 14.4 Å². The summed E-state index contributed by atoms with van der Waals surface area (Å²) in [6.07, 6.45) is 26.8. The van der Waals surface area contributed by atoms with E-state index in [2.05, 4.69) is 19.1 Å². The van der Waals surface area contributed by atoms with Gasteiger partial charge >= 0.3 is 11.9 Å². The highest BCUT2D eigenvalue weighted by Gasteiger charge is 2.30. The fourth-order valence-electron chi connectivity index (χ4n) is 5.43.